The maximum absolute atomic E-state index is 13.0. The smallest absolute Gasteiger partial charge is 0.257 e. The maximum Gasteiger partial charge on any atom is 0.257 e. The number of hydrogen-bond donors (Lipinski definition) is 4. The van der Waals surface area contributed by atoms with E-state index in [4.69, 9.17) is 0 Å². The first-order chi connectivity index (χ1) is 16.6. The summed E-state index contributed by atoms with van der Waals surface area (Å²) < 4.78 is 0. The minimum Gasteiger partial charge on any atom is -0.388 e. The zero-order valence-corrected chi connectivity index (χ0v) is 20.5. The number of fused-ring (bicyclic) bond motifs is 1. The van der Waals surface area contributed by atoms with Gasteiger partial charge in [-0.15, -0.1) is 11.3 Å². The number of hydrogen-bond acceptors (Lipinski definition) is 7. The second-order valence-corrected chi connectivity index (χ2v) is 10.3. The van der Waals surface area contributed by atoms with Gasteiger partial charge in [0.15, 0.2) is 5.13 Å². The topological polar surface area (TPSA) is 81.3 Å². The van der Waals surface area contributed by atoms with Gasteiger partial charge in [-0.25, -0.2) is 4.98 Å². The molecule has 0 radical (unpaired) electrons. The normalized spacial score (nSPS) is 20.1. The maximum atomic E-state index is 13.0. The Morgan fingerprint density at radius 3 is 2.91 bits per heavy atom. The molecule has 1 aromatic heterocycles. The first-order valence-corrected chi connectivity index (χ1v) is 12.7. The Kier molecular flexibility index (Phi) is 6.80. The van der Waals surface area contributed by atoms with E-state index in [9.17, 15) is 4.79 Å². The van der Waals surface area contributed by atoms with Gasteiger partial charge in [-0.3, -0.25) is 10.1 Å². The van der Waals surface area contributed by atoms with Crippen LogP contribution in [0.2, 0.25) is 0 Å². The van der Waals surface area contributed by atoms with Gasteiger partial charge in [-0.2, -0.15) is 0 Å². The Hall–Kier alpha value is -2.94. The van der Waals surface area contributed by atoms with Gasteiger partial charge in [0.1, 0.15) is 0 Å². The van der Waals surface area contributed by atoms with Gasteiger partial charge in [0.2, 0.25) is 0 Å². The molecule has 2 aromatic carbocycles. The lowest BCUT2D eigenvalue weighted by Crippen LogP contribution is -2.25. The molecule has 1 fully saturated rings. The fourth-order valence-electron chi connectivity index (χ4n) is 4.83. The van der Waals surface area contributed by atoms with Crippen molar-refractivity contribution in [1.29, 1.82) is 0 Å². The third kappa shape index (κ3) is 5.09. The van der Waals surface area contributed by atoms with Crippen LogP contribution < -0.4 is 21.3 Å². The van der Waals surface area contributed by atoms with E-state index in [-0.39, 0.29) is 5.91 Å². The van der Waals surface area contributed by atoms with Gasteiger partial charge in [0.05, 0.1) is 5.69 Å². The average Bonchev–Trinajstić information content (AvgIpc) is 3.49. The number of carbonyl (C=O) groups excluding carboxylic acids is 1. The van der Waals surface area contributed by atoms with Crippen molar-refractivity contribution in [2.75, 3.05) is 56.2 Å². The number of nitrogens with zero attached hydrogens (tertiary/aromatic N) is 2. The summed E-state index contributed by atoms with van der Waals surface area (Å²) in [5.74, 6) is 0.709. The molecule has 7 nitrogen and oxygen atoms in total. The van der Waals surface area contributed by atoms with Crippen LogP contribution in [0.4, 0.5) is 16.5 Å². The summed E-state index contributed by atoms with van der Waals surface area (Å²) in [4.78, 5) is 21.2. The number of rotatable bonds is 7. The predicted octanol–water partition coefficient (Wildman–Crippen LogP) is 3.84. The molecule has 2 aliphatic heterocycles. The quantitative estimate of drug-likeness (QED) is 0.415. The van der Waals surface area contributed by atoms with Crippen LogP contribution >= 0.6 is 11.3 Å². The molecule has 0 bridgehead atoms. The van der Waals surface area contributed by atoms with Gasteiger partial charge in [0.25, 0.3) is 5.91 Å². The molecule has 2 aliphatic rings. The standard InChI is InChI=1S/C26H32N6OS/c1-27-20-7-4-8-21(12-20)29-14-19-13-28-15-22(19)17-5-3-6-18(11-17)25(33)31-26-30-23-9-10-32(2)16-24(23)34-26/h3-8,11-12,19,22,27-29H,9-10,13-16H2,1-2H3,(H,30,31,33). The molecule has 34 heavy (non-hydrogen) atoms. The summed E-state index contributed by atoms with van der Waals surface area (Å²) in [6.07, 6.45) is 0.942. The minimum atomic E-state index is -0.0918. The molecule has 0 aliphatic carbocycles. The monoisotopic (exact) mass is 476 g/mol. The third-order valence-electron chi connectivity index (χ3n) is 6.78. The number of thiazole rings is 1. The Balaban J connectivity index is 1.25. The van der Waals surface area contributed by atoms with Crippen LogP contribution in [0.25, 0.3) is 0 Å². The second-order valence-electron chi connectivity index (χ2n) is 9.19. The van der Waals surface area contributed by atoms with Crippen LogP contribution in [0, 0.1) is 5.92 Å². The van der Waals surface area contributed by atoms with E-state index in [2.05, 4.69) is 68.5 Å². The molecule has 4 N–H and O–H groups in total. The van der Waals surface area contributed by atoms with Crippen molar-refractivity contribution < 1.29 is 4.79 Å². The lowest BCUT2D eigenvalue weighted by atomic mass is 9.88. The summed E-state index contributed by atoms with van der Waals surface area (Å²) in [5.41, 5.74) is 5.22. The molecule has 1 saturated heterocycles. The van der Waals surface area contributed by atoms with Crippen molar-refractivity contribution in [1.82, 2.24) is 15.2 Å². The van der Waals surface area contributed by atoms with E-state index in [1.807, 2.05) is 25.2 Å². The van der Waals surface area contributed by atoms with E-state index in [0.29, 0.717) is 22.5 Å². The lowest BCUT2D eigenvalue weighted by Gasteiger charge is -2.21. The molecule has 2 unspecified atom stereocenters. The number of nitrogens with one attached hydrogen (secondary N) is 4. The van der Waals surface area contributed by atoms with Crippen LogP contribution in [0.3, 0.4) is 0 Å². The highest BCUT2D eigenvalue weighted by Gasteiger charge is 2.29. The summed E-state index contributed by atoms with van der Waals surface area (Å²) >= 11 is 1.59. The highest BCUT2D eigenvalue weighted by Crippen LogP contribution is 2.31. The first kappa shape index (κ1) is 22.8. The molecular formula is C26H32N6OS. The number of benzene rings is 2. The summed E-state index contributed by atoms with van der Waals surface area (Å²) in [6.45, 7) is 4.67. The number of likely N-dealkylation sites (N-methyl/N-ethyl adjacent to an activating group) is 1. The minimum absolute atomic E-state index is 0.0918. The zero-order chi connectivity index (χ0) is 23.5. The van der Waals surface area contributed by atoms with Crippen molar-refractivity contribution >= 4 is 33.8 Å². The Labute approximate surface area is 205 Å². The SMILES string of the molecule is CNc1cccc(NCC2CNCC2c2cccc(C(=O)Nc3nc4c(s3)CN(C)CC4)c2)c1. The summed E-state index contributed by atoms with van der Waals surface area (Å²) in [5, 5.41) is 14.0. The molecule has 3 aromatic rings. The highest BCUT2D eigenvalue weighted by atomic mass is 32.1. The molecule has 3 heterocycles. The second kappa shape index (κ2) is 10.1. The molecule has 0 saturated carbocycles. The first-order valence-electron chi connectivity index (χ1n) is 11.9. The zero-order valence-electron chi connectivity index (χ0n) is 19.7. The average molecular weight is 477 g/mol. The lowest BCUT2D eigenvalue weighted by molar-refractivity contribution is 0.102. The molecule has 0 spiro atoms. The number of amides is 1. The number of aromatic nitrogens is 1. The van der Waals surface area contributed by atoms with Gasteiger partial charge in [0, 0.05) is 73.9 Å². The van der Waals surface area contributed by atoms with Crippen molar-refractivity contribution in [2.45, 2.75) is 18.9 Å². The fraction of sp³-hybridized carbons (Fsp3) is 0.385. The van der Waals surface area contributed by atoms with Crippen LogP contribution in [0.1, 0.15) is 32.4 Å². The number of carbonyl (C=O) groups is 1. The van der Waals surface area contributed by atoms with Crippen LogP contribution in [-0.2, 0) is 13.0 Å². The molecule has 2 atom stereocenters. The molecular weight excluding hydrogens is 444 g/mol. The van der Waals surface area contributed by atoms with E-state index in [0.717, 1.165) is 56.2 Å². The van der Waals surface area contributed by atoms with Crippen molar-refractivity contribution in [3.63, 3.8) is 0 Å². The van der Waals surface area contributed by atoms with Crippen molar-refractivity contribution in [3.8, 4) is 0 Å². The van der Waals surface area contributed by atoms with Gasteiger partial charge in [-0.1, -0.05) is 18.2 Å². The van der Waals surface area contributed by atoms with Crippen molar-refractivity contribution in [3.05, 3.63) is 70.2 Å². The van der Waals surface area contributed by atoms with E-state index >= 15 is 0 Å². The molecule has 178 valence electrons. The number of anilines is 3. The fourth-order valence-corrected chi connectivity index (χ4v) is 5.91. The van der Waals surface area contributed by atoms with Crippen LogP contribution in [0.5, 0.6) is 0 Å². The van der Waals surface area contributed by atoms with E-state index in [1.54, 1.807) is 11.3 Å². The highest BCUT2D eigenvalue weighted by molar-refractivity contribution is 7.15. The molecule has 5 rings (SSSR count). The largest absolute Gasteiger partial charge is 0.388 e. The van der Waals surface area contributed by atoms with E-state index in [1.165, 1.54) is 10.4 Å². The molecule has 8 heteroatoms. The Morgan fingerprint density at radius 1 is 1.18 bits per heavy atom. The third-order valence-corrected chi connectivity index (χ3v) is 7.78. The summed E-state index contributed by atoms with van der Waals surface area (Å²) in [7, 11) is 4.05. The predicted molar refractivity (Wildman–Crippen MR) is 140 cm³/mol. The molecule has 1 amide bonds. The van der Waals surface area contributed by atoms with Crippen LogP contribution in [0.15, 0.2) is 48.5 Å². The van der Waals surface area contributed by atoms with Crippen molar-refractivity contribution in [2.24, 2.45) is 5.92 Å². The van der Waals surface area contributed by atoms with Gasteiger partial charge in [-0.05, 0) is 48.9 Å². The van der Waals surface area contributed by atoms with E-state index < -0.39 is 0 Å². The Bertz CT molecular complexity index is 1160. The summed E-state index contributed by atoms with van der Waals surface area (Å²) in [6, 6.07) is 16.4. The Morgan fingerprint density at radius 2 is 2.03 bits per heavy atom. The van der Waals surface area contributed by atoms with Gasteiger partial charge >= 0.3 is 0 Å². The van der Waals surface area contributed by atoms with Gasteiger partial charge < -0.3 is 20.9 Å². The van der Waals surface area contributed by atoms with Crippen LogP contribution in [-0.4, -0.2) is 56.1 Å².